The Morgan fingerprint density at radius 3 is 2.76 bits per heavy atom. The Morgan fingerprint density at radius 1 is 1.43 bits per heavy atom. The molecular formula is C12H13FN6O2. The number of nitrogens with two attached hydrogens (primary N) is 1. The molecule has 0 saturated carbocycles. The van der Waals surface area contributed by atoms with Crippen LogP contribution < -0.4 is 16.6 Å². The van der Waals surface area contributed by atoms with E-state index in [1.807, 2.05) is 0 Å². The van der Waals surface area contributed by atoms with Crippen LogP contribution in [0.15, 0.2) is 30.5 Å². The van der Waals surface area contributed by atoms with E-state index in [1.54, 1.807) is 25.1 Å². The number of nitro groups is 1. The first kappa shape index (κ1) is 14.6. The quantitative estimate of drug-likeness (QED) is 0.438. The summed E-state index contributed by atoms with van der Waals surface area (Å²) in [7, 11) is 0. The van der Waals surface area contributed by atoms with Gasteiger partial charge in [-0.05, 0) is 13.0 Å². The summed E-state index contributed by atoms with van der Waals surface area (Å²) in [5.74, 6) is 4.74. The predicted molar refractivity (Wildman–Crippen MR) is 74.9 cm³/mol. The van der Waals surface area contributed by atoms with Crippen molar-refractivity contribution in [1.29, 1.82) is 0 Å². The molecular weight excluding hydrogens is 279 g/mol. The Morgan fingerprint density at radius 2 is 2.14 bits per heavy atom. The number of hydrogen-bond acceptors (Lipinski definition) is 7. The lowest BCUT2D eigenvalue weighted by Gasteiger charge is -2.15. The highest BCUT2D eigenvalue weighted by molar-refractivity contribution is 5.57. The number of rotatable bonds is 5. The van der Waals surface area contributed by atoms with Crippen LogP contribution >= 0.6 is 0 Å². The molecule has 0 aliphatic rings. The van der Waals surface area contributed by atoms with Gasteiger partial charge in [0.1, 0.15) is 12.0 Å². The van der Waals surface area contributed by atoms with Gasteiger partial charge >= 0.3 is 5.69 Å². The van der Waals surface area contributed by atoms with E-state index in [0.717, 1.165) is 6.20 Å². The Labute approximate surface area is 119 Å². The third kappa shape index (κ3) is 3.20. The minimum absolute atomic E-state index is 0.0174. The Bertz CT molecular complexity index is 666. The monoisotopic (exact) mass is 292 g/mol. The summed E-state index contributed by atoms with van der Waals surface area (Å²) in [4.78, 5) is 17.9. The van der Waals surface area contributed by atoms with E-state index >= 15 is 0 Å². The van der Waals surface area contributed by atoms with Gasteiger partial charge in [-0.1, -0.05) is 18.2 Å². The second kappa shape index (κ2) is 6.09. The van der Waals surface area contributed by atoms with Crippen molar-refractivity contribution in [3.05, 3.63) is 52.0 Å². The lowest BCUT2D eigenvalue weighted by Crippen LogP contribution is -2.15. The van der Waals surface area contributed by atoms with Crippen LogP contribution in [-0.2, 0) is 0 Å². The molecule has 1 unspecified atom stereocenters. The van der Waals surface area contributed by atoms with Gasteiger partial charge in [-0.25, -0.2) is 15.2 Å². The van der Waals surface area contributed by atoms with Crippen LogP contribution in [0, 0.1) is 15.9 Å². The fourth-order valence-corrected chi connectivity index (χ4v) is 1.79. The van der Waals surface area contributed by atoms with Gasteiger partial charge in [0.05, 0.1) is 11.0 Å². The van der Waals surface area contributed by atoms with Gasteiger partial charge < -0.3 is 5.32 Å². The molecule has 8 nitrogen and oxygen atoms in total. The summed E-state index contributed by atoms with van der Waals surface area (Å²) in [6, 6.07) is 5.62. The van der Waals surface area contributed by atoms with Gasteiger partial charge in [0.15, 0.2) is 0 Å². The second-order valence-corrected chi connectivity index (χ2v) is 4.22. The SMILES string of the molecule is CC(Nc1nc(NN)ncc1[N+](=O)[O-])c1ccccc1F. The summed E-state index contributed by atoms with van der Waals surface area (Å²) < 4.78 is 13.7. The van der Waals surface area contributed by atoms with E-state index in [2.05, 4.69) is 20.7 Å². The van der Waals surface area contributed by atoms with Crippen LogP contribution in [0.3, 0.4) is 0 Å². The average molecular weight is 292 g/mol. The zero-order valence-electron chi connectivity index (χ0n) is 11.1. The van der Waals surface area contributed by atoms with Crippen molar-refractivity contribution in [3.63, 3.8) is 0 Å². The van der Waals surface area contributed by atoms with Gasteiger partial charge in [0.2, 0.25) is 11.8 Å². The molecule has 0 bridgehead atoms. The van der Waals surface area contributed by atoms with Gasteiger partial charge in [0, 0.05) is 5.56 Å². The molecule has 0 radical (unpaired) electrons. The summed E-state index contributed by atoms with van der Waals surface area (Å²) in [6.45, 7) is 1.67. The van der Waals surface area contributed by atoms with Crippen molar-refractivity contribution in [2.45, 2.75) is 13.0 Å². The molecule has 1 atom stereocenters. The van der Waals surface area contributed by atoms with Crippen LogP contribution in [-0.4, -0.2) is 14.9 Å². The minimum Gasteiger partial charge on any atom is -0.358 e. The fraction of sp³-hybridized carbons (Fsp3) is 0.167. The first-order valence-corrected chi connectivity index (χ1v) is 6.02. The van der Waals surface area contributed by atoms with Crippen molar-refractivity contribution < 1.29 is 9.31 Å². The van der Waals surface area contributed by atoms with Crippen LogP contribution in [0.5, 0.6) is 0 Å². The smallest absolute Gasteiger partial charge is 0.329 e. The molecule has 2 aromatic rings. The number of halogens is 1. The summed E-state index contributed by atoms with van der Waals surface area (Å²) >= 11 is 0. The summed E-state index contributed by atoms with van der Waals surface area (Å²) in [6.07, 6.45) is 1.03. The number of benzene rings is 1. The molecule has 0 spiro atoms. The second-order valence-electron chi connectivity index (χ2n) is 4.22. The van der Waals surface area contributed by atoms with Crippen LogP contribution in [0.25, 0.3) is 0 Å². The van der Waals surface area contributed by atoms with E-state index in [9.17, 15) is 14.5 Å². The van der Waals surface area contributed by atoms with Crippen molar-refractivity contribution in [2.24, 2.45) is 5.84 Å². The zero-order chi connectivity index (χ0) is 15.4. The number of hydrogen-bond donors (Lipinski definition) is 3. The van der Waals surface area contributed by atoms with E-state index in [-0.39, 0.29) is 17.5 Å². The first-order chi connectivity index (χ1) is 10.0. The lowest BCUT2D eigenvalue weighted by molar-refractivity contribution is -0.384. The molecule has 0 fully saturated rings. The third-order valence-corrected chi connectivity index (χ3v) is 2.82. The summed E-state index contributed by atoms with van der Waals surface area (Å²) in [5, 5.41) is 13.8. The van der Waals surface area contributed by atoms with Gasteiger partial charge in [0.25, 0.3) is 0 Å². The molecule has 110 valence electrons. The number of anilines is 2. The zero-order valence-corrected chi connectivity index (χ0v) is 11.1. The number of nitrogens with one attached hydrogen (secondary N) is 2. The minimum atomic E-state index is -0.628. The molecule has 4 N–H and O–H groups in total. The molecule has 0 saturated heterocycles. The highest BCUT2D eigenvalue weighted by atomic mass is 19.1. The Balaban J connectivity index is 2.34. The molecule has 0 amide bonds. The molecule has 9 heteroatoms. The topological polar surface area (TPSA) is 119 Å². The number of nitrogens with zero attached hydrogens (tertiary/aromatic N) is 3. The normalized spacial score (nSPS) is 11.8. The number of nitrogen functional groups attached to an aromatic ring is 1. The highest BCUT2D eigenvalue weighted by Gasteiger charge is 2.20. The van der Waals surface area contributed by atoms with E-state index in [4.69, 9.17) is 5.84 Å². The van der Waals surface area contributed by atoms with Crippen LogP contribution in [0.4, 0.5) is 21.8 Å². The maximum absolute atomic E-state index is 13.7. The van der Waals surface area contributed by atoms with Gasteiger partial charge in [-0.2, -0.15) is 4.98 Å². The van der Waals surface area contributed by atoms with Crippen molar-refractivity contribution >= 4 is 17.5 Å². The maximum atomic E-state index is 13.7. The van der Waals surface area contributed by atoms with Crippen molar-refractivity contribution in [1.82, 2.24) is 9.97 Å². The number of hydrazine groups is 1. The molecule has 1 aromatic carbocycles. The first-order valence-electron chi connectivity index (χ1n) is 6.02. The standard InChI is InChI=1S/C12H13FN6O2/c1-7(8-4-2-3-5-9(8)13)16-11-10(19(20)21)6-15-12(17-11)18-14/h2-7H,14H2,1H3,(H2,15,16,17,18). The predicted octanol–water partition coefficient (Wildman–Crippen LogP) is 1.98. The maximum Gasteiger partial charge on any atom is 0.329 e. The molecule has 1 heterocycles. The molecule has 2 rings (SSSR count). The number of aromatic nitrogens is 2. The molecule has 0 aliphatic heterocycles. The molecule has 0 aliphatic carbocycles. The van der Waals surface area contributed by atoms with Crippen molar-refractivity contribution in [2.75, 3.05) is 10.7 Å². The third-order valence-electron chi connectivity index (χ3n) is 2.82. The highest BCUT2D eigenvalue weighted by Crippen LogP contribution is 2.27. The summed E-state index contributed by atoms with van der Waals surface area (Å²) in [5.41, 5.74) is 2.25. The van der Waals surface area contributed by atoms with Gasteiger partial charge in [-0.15, -0.1) is 0 Å². The van der Waals surface area contributed by atoms with Crippen LogP contribution in [0.2, 0.25) is 0 Å². The molecule has 21 heavy (non-hydrogen) atoms. The Kier molecular flexibility index (Phi) is 4.24. The van der Waals surface area contributed by atoms with E-state index < -0.39 is 16.8 Å². The van der Waals surface area contributed by atoms with Crippen molar-refractivity contribution in [3.8, 4) is 0 Å². The average Bonchev–Trinajstić information content (AvgIpc) is 2.47. The van der Waals surface area contributed by atoms with E-state index in [1.165, 1.54) is 6.07 Å². The fourth-order valence-electron chi connectivity index (χ4n) is 1.79. The largest absolute Gasteiger partial charge is 0.358 e. The van der Waals surface area contributed by atoms with Crippen LogP contribution in [0.1, 0.15) is 18.5 Å². The van der Waals surface area contributed by atoms with Gasteiger partial charge in [-0.3, -0.25) is 15.5 Å². The molecule has 1 aromatic heterocycles. The lowest BCUT2D eigenvalue weighted by atomic mass is 10.1. The van der Waals surface area contributed by atoms with E-state index in [0.29, 0.717) is 5.56 Å². The Hall–Kier alpha value is -2.81.